The molecule has 0 fully saturated rings. The van der Waals surface area contributed by atoms with Crippen molar-refractivity contribution < 1.29 is 9.53 Å². The molecule has 0 heterocycles. The third-order valence-electron chi connectivity index (χ3n) is 6.05. The lowest BCUT2D eigenvalue weighted by atomic mass is 9.79. The second-order valence-electron chi connectivity index (χ2n) is 7.95. The van der Waals surface area contributed by atoms with E-state index in [0.29, 0.717) is 12.2 Å². The molecule has 0 saturated carbocycles. The normalized spacial score (nSPS) is 13.5. The van der Waals surface area contributed by atoms with Crippen LogP contribution in [0.1, 0.15) is 45.5 Å². The van der Waals surface area contributed by atoms with Crippen LogP contribution in [0.5, 0.6) is 5.75 Å². The summed E-state index contributed by atoms with van der Waals surface area (Å²) in [4.78, 5) is 12.9. The zero-order chi connectivity index (χ0) is 21.1. The van der Waals surface area contributed by atoms with E-state index in [-0.39, 0.29) is 5.78 Å². The minimum Gasteiger partial charge on any atom is -0.472 e. The molecule has 0 aliphatic heterocycles. The number of ketones is 1. The van der Waals surface area contributed by atoms with Gasteiger partial charge < -0.3 is 4.74 Å². The summed E-state index contributed by atoms with van der Waals surface area (Å²) in [6, 6.07) is 36.8. The minimum atomic E-state index is -0.878. The van der Waals surface area contributed by atoms with Crippen LogP contribution < -0.4 is 4.74 Å². The highest BCUT2D eigenvalue weighted by Crippen LogP contribution is 2.43. The highest BCUT2D eigenvalue weighted by atomic mass is 16.5. The van der Waals surface area contributed by atoms with Crippen molar-refractivity contribution in [1.29, 1.82) is 0 Å². The second-order valence-corrected chi connectivity index (χ2v) is 7.95. The van der Waals surface area contributed by atoms with Crippen molar-refractivity contribution in [3.05, 3.63) is 137 Å². The molecule has 0 spiro atoms. The van der Waals surface area contributed by atoms with Gasteiger partial charge in [0.05, 0.1) is 5.56 Å². The van der Waals surface area contributed by atoms with Gasteiger partial charge in [-0.1, -0.05) is 103 Å². The Morgan fingerprint density at radius 2 is 1.10 bits per heavy atom. The van der Waals surface area contributed by atoms with Crippen molar-refractivity contribution in [2.45, 2.75) is 24.9 Å². The largest absolute Gasteiger partial charge is 0.472 e. The van der Waals surface area contributed by atoms with Crippen LogP contribution in [0.15, 0.2) is 109 Å². The standard InChI is InChI=1S/C29H24O2/c30-26-20-10-12-22-13-11-21-27(28(22)26)31-29(23-14-4-1-5-15-23,24-16-6-2-7-17-24)25-18-8-3-9-19-25/h1-9,11,13-19,21H,10,12,20H2. The van der Waals surface area contributed by atoms with Crippen LogP contribution in [-0.4, -0.2) is 5.78 Å². The summed E-state index contributed by atoms with van der Waals surface area (Å²) < 4.78 is 7.01. The molecule has 0 amide bonds. The molecule has 0 saturated heterocycles. The molecule has 1 aliphatic carbocycles. The van der Waals surface area contributed by atoms with Crippen LogP contribution in [0, 0.1) is 0 Å². The molecule has 0 aromatic heterocycles. The second kappa shape index (κ2) is 8.23. The zero-order valence-corrected chi connectivity index (χ0v) is 17.3. The number of fused-ring (bicyclic) bond motifs is 1. The van der Waals surface area contributed by atoms with Gasteiger partial charge in [0.1, 0.15) is 5.75 Å². The van der Waals surface area contributed by atoms with Crippen molar-refractivity contribution in [3.8, 4) is 5.75 Å². The van der Waals surface area contributed by atoms with Crippen LogP contribution in [0.2, 0.25) is 0 Å². The van der Waals surface area contributed by atoms with Crippen LogP contribution in [-0.2, 0) is 12.0 Å². The fourth-order valence-electron chi connectivity index (χ4n) is 4.61. The first-order valence-corrected chi connectivity index (χ1v) is 10.8. The van der Waals surface area contributed by atoms with E-state index in [1.54, 1.807) is 0 Å². The fourth-order valence-corrected chi connectivity index (χ4v) is 4.61. The highest BCUT2D eigenvalue weighted by molar-refractivity contribution is 6.01. The Bertz CT molecular complexity index is 1080. The van der Waals surface area contributed by atoms with E-state index in [0.717, 1.165) is 40.7 Å². The maximum absolute atomic E-state index is 12.9. The number of benzene rings is 4. The topological polar surface area (TPSA) is 26.3 Å². The lowest BCUT2D eigenvalue weighted by Gasteiger charge is -2.37. The number of carbonyl (C=O) groups is 1. The predicted molar refractivity (Wildman–Crippen MR) is 124 cm³/mol. The fraction of sp³-hybridized carbons (Fsp3) is 0.138. The lowest BCUT2D eigenvalue weighted by Crippen LogP contribution is -2.36. The Morgan fingerprint density at radius 1 is 0.581 bits per heavy atom. The van der Waals surface area contributed by atoms with Crippen molar-refractivity contribution in [3.63, 3.8) is 0 Å². The Labute approximate surface area is 183 Å². The molecule has 31 heavy (non-hydrogen) atoms. The number of rotatable bonds is 5. The molecular weight excluding hydrogens is 380 g/mol. The highest BCUT2D eigenvalue weighted by Gasteiger charge is 2.40. The Kier molecular flexibility index (Phi) is 5.13. The van der Waals surface area contributed by atoms with Gasteiger partial charge in [-0.15, -0.1) is 0 Å². The summed E-state index contributed by atoms with van der Waals surface area (Å²) in [5, 5.41) is 0. The third kappa shape index (κ3) is 3.44. The van der Waals surface area contributed by atoms with Crippen LogP contribution in [0.25, 0.3) is 0 Å². The van der Waals surface area contributed by atoms with Crippen LogP contribution in [0.4, 0.5) is 0 Å². The molecule has 5 rings (SSSR count). The first-order valence-electron chi connectivity index (χ1n) is 10.8. The van der Waals surface area contributed by atoms with E-state index in [2.05, 4.69) is 42.5 Å². The lowest BCUT2D eigenvalue weighted by molar-refractivity contribution is 0.0957. The monoisotopic (exact) mass is 404 g/mol. The quantitative estimate of drug-likeness (QED) is 0.351. The molecule has 4 aromatic rings. The van der Waals surface area contributed by atoms with E-state index in [1.807, 2.05) is 66.7 Å². The average Bonchev–Trinajstić information content (AvgIpc) is 2.84. The van der Waals surface area contributed by atoms with E-state index < -0.39 is 5.60 Å². The average molecular weight is 405 g/mol. The Morgan fingerprint density at radius 3 is 1.61 bits per heavy atom. The maximum Gasteiger partial charge on any atom is 0.184 e. The first kappa shape index (κ1) is 19.3. The molecule has 0 unspecified atom stereocenters. The number of aryl methyl sites for hydroxylation is 1. The molecular formula is C29H24O2. The number of carbonyl (C=O) groups excluding carboxylic acids is 1. The molecule has 0 radical (unpaired) electrons. The number of ether oxygens (including phenoxy) is 1. The van der Waals surface area contributed by atoms with Crippen molar-refractivity contribution in [2.75, 3.05) is 0 Å². The molecule has 0 bridgehead atoms. The van der Waals surface area contributed by atoms with Crippen molar-refractivity contribution in [1.82, 2.24) is 0 Å². The van der Waals surface area contributed by atoms with Gasteiger partial charge in [0.15, 0.2) is 11.4 Å². The van der Waals surface area contributed by atoms with Gasteiger partial charge in [0, 0.05) is 23.1 Å². The number of hydrogen-bond acceptors (Lipinski definition) is 2. The van der Waals surface area contributed by atoms with Gasteiger partial charge in [0.25, 0.3) is 0 Å². The van der Waals surface area contributed by atoms with E-state index >= 15 is 0 Å². The van der Waals surface area contributed by atoms with E-state index in [4.69, 9.17) is 4.74 Å². The van der Waals surface area contributed by atoms with Gasteiger partial charge in [-0.05, 0) is 24.5 Å². The molecule has 4 aromatic carbocycles. The summed E-state index contributed by atoms with van der Waals surface area (Å²) in [5.74, 6) is 0.818. The Balaban J connectivity index is 1.79. The van der Waals surface area contributed by atoms with Crippen molar-refractivity contribution >= 4 is 5.78 Å². The molecule has 1 aliphatic rings. The van der Waals surface area contributed by atoms with Crippen LogP contribution in [0.3, 0.4) is 0 Å². The first-order chi connectivity index (χ1) is 15.3. The van der Waals surface area contributed by atoms with Gasteiger partial charge in [-0.3, -0.25) is 4.79 Å². The Hall–Kier alpha value is -3.65. The summed E-state index contributed by atoms with van der Waals surface area (Å²) in [7, 11) is 0. The van der Waals surface area contributed by atoms with Gasteiger partial charge in [0.2, 0.25) is 0 Å². The third-order valence-corrected chi connectivity index (χ3v) is 6.05. The molecule has 152 valence electrons. The van der Waals surface area contributed by atoms with E-state index in [9.17, 15) is 4.79 Å². The van der Waals surface area contributed by atoms with E-state index in [1.165, 1.54) is 0 Å². The van der Waals surface area contributed by atoms with Crippen molar-refractivity contribution in [2.24, 2.45) is 0 Å². The summed E-state index contributed by atoms with van der Waals surface area (Å²) in [6.07, 6.45) is 2.38. The SMILES string of the molecule is O=C1CCCc2cccc(OC(c3ccccc3)(c3ccccc3)c3ccccc3)c21. The van der Waals surface area contributed by atoms with Gasteiger partial charge in [-0.25, -0.2) is 0 Å². The molecule has 2 nitrogen and oxygen atoms in total. The predicted octanol–water partition coefficient (Wildman–Crippen LogP) is 6.58. The summed E-state index contributed by atoms with van der Waals surface area (Å²) >= 11 is 0. The molecule has 0 N–H and O–H groups in total. The molecule has 2 heteroatoms. The van der Waals surface area contributed by atoms with Crippen LogP contribution >= 0.6 is 0 Å². The smallest absolute Gasteiger partial charge is 0.184 e. The molecule has 0 atom stereocenters. The van der Waals surface area contributed by atoms with Gasteiger partial charge >= 0.3 is 0 Å². The number of Topliss-reactive ketones (excluding diaryl/α,β-unsaturated/α-hetero) is 1. The van der Waals surface area contributed by atoms with Gasteiger partial charge in [-0.2, -0.15) is 0 Å². The number of hydrogen-bond donors (Lipinski definition) is 0. The minimum absolute atomic E-state index is 0.167. The maximum atomic E-state index is 12.9. The summed E-state index contributed by atoms with van der Waals surface area (Å²) in [6.45, 7) is 0. The zero-order valence-electron chi connectivity index (χ0n) is 17.3. The summed E-state index contributed by atoms with van der Waals surface area (Å²) in [5.41, 5.74) is 4.00.